The number of fused-ring (bicyclic) bond motifs is 2. The topological polar surface area (TPSA) is 92.7 Å². The third kappa shape index (κ3) is 3.38. The summed E-state index contributed by atoms with van der Waals surface area (Å²) in [4.78, 5) is 22.3. The van der Waals surface area contributed by atoms with E-state index in [0.29, 0.717) is 18.9 Å². The summed E-state index contributed by atoms with van der Waals surface area (Å²) < 4.78 is 44.2. The summed E-state index contributed by atoms with van der Waals surface area (Å²) in [6.45, 7) is 2.87. The number of carbonyl (C=O) groups is 1. The third-order valence-corrected chi connectivity index (χ3v) is 5.17. The zero-order chi connectivity index (χ0) is 21.9. The number of amides is 1. The van der Waals surface area contributed by atoms with Crippen molar-refractivity contribution in [1.82, 2.24) is 34.1 Å². The predicted octanol–water partition coefficient (Wildman–Crippen LogP) is 2.32. The molecular weight excluding hydrogens is 413 g/mol. The Labute approximate surface area is 173 Å². The summed E-state index contributed by atoms with van der Waals surface area (Å²) in [7, 11) is 1.91. The van der Waals surface area contributed by atoms with Crippen LogP contribution in [0, 0.1) is 18.7 Å². The zero-order valence-electron chi connectivity index (χ0n) is 16.6. The molecule has 9 nitrogen and oxygen atoms in total. The molecule has 12 heteroatoms. The molecule has 0 bridgehead atoms. The molecule has 0 unspecified atom stereocenters. The molecule has 5 heterocycles. The number of nitrogens with one attached hydrogen (secondary N) is 1. The average Bonchev–Trinajstić information content (AvgIpc) is 3.26. The fourth-order valence-electron chi connectivity index (χ4n) is 3.65. The van der Waals surface area contributed by atoms with Crippen LogP contribution in [0.25, 0.3) is 22.6 Å². The van der Waals surface area contributed by atoms with Gasteiger partial charge in [-0.25, -0.2) is 23.1 Å². The second-order valence-corrected chi connectivity index (χ2v) is 7.60. The van der Waals surface area contributed by atoms with Crippen molar-refractivity contribution >= 4 is 23.0 Å². The lowest BCUT2D eigenvalue weighted by atomic mass is 10.0. The fraction of sp³-hybridized carbons (Fsp3) is 0.316. The van der Waals surface area contributed by atoms with E-state index in [1.165, 1.54) is 22.9 Å². The number of alkyl halides is 2. The lowest BCUT2D eigenvalue weighted by molar-refractivity contribution is -0.124. The first-order chi connectivity index (χ1) is 14.8. The molecule has 0 aromatic carbocycles. The number of anilines is 1. The van der Waals surface area contributed by atoms with Gasteiger partial charge in [-0.05, 0) is 26.1 Å². The second kappa shape index (κ2) is 7.01. The van der Waals surface area contributed by atoms with Gasteiger partial charge in [-0.15, -0.1) is 14.8 Å². The number of rotatable bonds is 4. The first-order valence-electron chi connectivity index (χ1n) is 9.49. The van der Waals surface area contributed by atoms with E-state index in [9.17, 15) is 18.0 Å². The van der Waals surface area contributed by atoms with Gasteiger partial charge in [-0.2, -0.15) is 0 Å². The summed E-state index contributed by atoms with van der Waals surface area (Å²) >= 11 is 0. The van der Waals surface area contributed by atoms with Gasteiger partial charge in [0.15, 0.2) is 22.9 Å². The third-order valence-electron chi connectivity index (χ3n) is 5.17. The highest BCUT2D eigenvalue weighted by atomic mass is 19.3. The number of halogens is 3. The Kier molecular flexibility index (Phi) is 4.39. The monoisotopic (exact) mass is 430 g/mol. The number of carbonyl (C=O) groups excluding carboxylic acids is 1. The van der Waals surface area contributed by atoms with Crippen molar-refractivity contribution in [3.05, 3.63) is 41.7 Å². The van der Waals surface area contributed by atoms with Crippen molar-refractivity contribution in [3.8, 4) is 11.3 Å². The maximum absolute atomic E-state index is 14.7. The molecule has 1 fully saturated rings. The first-order valence-corrected chi connectivity index (χ1v) is 9.49. The van der Waals surface area contributed by atoms with Gasteiger partial charge in [0.05, 0.1) is 23.4 Å². The van der Waals surface area contributed by atoms with E-state index in [1.54, 1.807) is 6.92 Å². The molecule has 0 saturated carbocycles. The minimum absolute atomic E-state index is 0.00320. The Hall–Kier alpha value is -3.54. The Morgan fingerprint density at radius 1 is 1.16 bits per heavy atom. The van der Waals surface area contributed by atoms with Crippen LogP contribution in [0.2, 0.25) is 0 Å². The number of hydrogen-bond acceptors (Lipinski definition) is 6. The molecule has 1 aliphatic rings. The van der Waals surface area contributed by atoms with Crippen LogP contribution in [0.1, 0.15) is 17.8 Å². The summed E-state index contributed by atoms with van der Waals surface area (Å²) in [6, 6.07) is 2.32. The number of hydrogen-bond donors (Lipinski definition) is 1. The average molecular weight is 430 g/mol. The number of aryl methyl sites for hydroxylation is 1. The number of aromatic nitrogens is 6. The number of nitrogens with zero attached hydrogens (tertiary/aromatic N) is 7. The highest BCUT2D eigenvalue weighted by molar-refractivity contribution is 5.92. The van der Waals surface area contributed by atoms with E-state index in [0.717, 1.165) is 10.7 Å². The Morgan fingerprint density at radius 3 is 2.65 bits per heavy atom. The minimum atomic E-state index is -2.80. The molecule has 0 radical (unpaired) electrons. The summed E-state index contributed by atoms with van der Waals surface area (Å²) in [5.41, 5.74) is -0.0538. The van der Waals surface area contributed by atoms with Crippen LogP contribution in [0.4, 0.5) is 19.0 Å². The van der Waals surface area contributed by atoms with Crippen LogP contribution >= 0.6 is 0 Å². The van der Waals surface area contributed by atoms with Gasteiger partial charge in [0.25, 0.3) is 6.43 Å². The molecule has 160 valence electrons. The van der Waals surface area contributed by atoms with E-state index >= 15 is 0 Å². The van der Waals surface area contributed by atoms with Crippen molar-refractivity contribution in [2.24, 2.45) is 5.92 Å². The summed E-state index contributed by atoms with van der Waals surface area (Å²) in [5, 5.41) is 10.9. The lowest BCUT2D eigenvalue weighted by Gasteiger charge is -2.34. The van der Waals surface area contributed by atoms with Crippen molar-refractivity contribution < 1.29 is 18.0 Å². The first kappa shape index (κ1) is 19.4. The second-order valence-electron chi connectivity index (χ2n) is 7.60. The van der Waals surface area contributed by atoms with Crippen molar-refractivity contribution in [2.45, 2.75) is 13.3 Å². The van der Waals surface area contributed by atoms with Gasteiger partial charge >= 0.3 is 0 Å². The molecule has 1 saturated heterocycles. The van der Waals surface area contributed by atoms with Gasteiger partial charge in [0, 0.05) is 24.8 Å². The maximum Gasteiger partial charge on any atom is 0.267 e. The van der Waals surface area contributed by atoms with Crippen molar-refractivity contribution in [3.63, 3.8) is 0 Å². The van der Waals surface area contributed by atoms with Gasteiger partial charge in [0.1, 0.15) is 5.82 Å². The number of likely N-dealkylation sites (tertiary alicyclic amines) is 1. The SMILES string of the molecule is Cc1nc2c(C(F)F)cc(-c3cc(F)c4nc(NC(=O)C5CN(C)C5)cn4c3)nn2n1. The number of pyridine rings is 1. The standard InChI is InChI=1S/C19H17F3N8O/c1-9-23-17-12(16(21)22)4-14(27-30(17)26-9)10-3-13(20)18-24-15(8-29(18)7-10)25-19(31)11-5-28(2)6-11/h3-4,7-8,11,16H,5-6H2,1-2H3,(H,25,31). The molecule has 4 aromatic rings. The van der Waals surface area contributed by atoms with Gasteiger partial charge in [0.2, 0.25) is 5.91 Å². The molecule has 0 spiro atoms. The van der Waals surface area contributed by atoms with Gasteiger partial charge in [-0.3, -0.25) is 4.79 Å². The van der Waals surface area contributed by atoms with Crippen LogP contribution in [0.3, 0.4) is 0 Å². The highest BCUT2D eigenvalue weighted by Crippen LogP contribution is 2.28. The zero-order valence-corrected chi connectivity index (χ0v) is 16.6. The van der Waals surface area contributed by atoms with E-state index in [2.05, 4.69) is 25.5 Å². The van der Waals surface area contributed by atoms with E-state index in [-0.39, 0.29) is 45.8 Å². The predicted molar refractivity (Wildman–Crippen MR) is 104 cm³/mol. The number of imidazole rings is 1. The molecule has 1 amide bonds. The van der Waals surface area contributed by atoms with Crippen LogP contribution in [-0.2, 0) is 4.79 Å². The molecule has 0 aliphatic carbocycles. The molecule has 1 aliphatic heterocycles. The Bertz CT molecular complexity index is 1320. The molecule has 31 heavy (non-hydrogen) atoms. The lowest BCUT2D eigenvalue weighted by Crippen LogP contribution is -2.49. The van der Waals surface area contributed by atoms with Crippen LogP contribution < -0.4 is 5.32 Å². The van der Waals surface area contributed by atoms with Crippen molar-refractivity contribution in [2.75, 3.05) is 25.5 Å². The molecule has 5 rings (SSSR count). The Morgan fingerprint density at radius 2 is 1.94 bits per heavy atom. The largest absolute Gasteiger partial charge is 0.309 e. The molecule has 0 atom stereocenters. The maximum atomic E-state index is 14.7. The minimum Gasteiger partial charge on any atom is -0.309 e. The quantitative estimate of drug-likeness (QED) is 0.534. The normalized spacial score (nSPS) is 15.2. The Balaban J connectivity index is 1.53. The van der Waals surface area contributed by atoms with Crippen molar-refractivity contribution in [1.29, 1.82) is 0 Å². The van der Waals surface area contributed by atoms with Crippen LogP contribution in [-0.4, -0.2) is 60.1 Å². The summed E-state index contributed by atoms with van der Waals surface area (Å²) in [5.74, 6) is -0.501. The van der Waals surface area contributed by atoms with E-state index < -0.39 is 12.2 Å². The van der Waals surface area contributed by atoms with Crippen LogP contribution in [0.15, 0.2) is 24.5 Å². The summed E-state index contributed by atoms with van der Waals surface area (Å²) in [6.07, 6.45) is 0.168. The molecule has 4 aromatic heterocycles. The van der Waals surface area contributed by atoms with E-state index in [1.807, 2.05) is 11.9 Å². The molecular formula is C19H17F3N8O. The van der Waals surface area contributed by atoms with E-state index in [4.69, 9.17) is 0 Å². The van der Waals surface area contributed by atoms with Crippen LogP contribution in [0.5, 0.6) is 0 Å². The smallest absolute Gasteiger partial charge is 0.267 e. The molecule has 1 N–H and O–H groups in total. The van der Waals surface area contributed by atoms with Gasteiger partial charge in [-0.1, -0.05) is 0 Å². The highest BCUT2D eigenvalue weighted by Gasteiger charge is 2.30. The van der Waals surface area contributed by atoms with Gasteiger partial charge < -0.3 is 14.6 Å². The fourth-order valence-corrected chi connectivity index (χ4v) is 3.65.